The molecule has 0 aliphatic heterocycles. The van der Waals surface area contributed by atoms with E-state index < -0.39 is 30.4 Å². The Kier molecular flexibility index (Phi) is 5.94. The second-order valence-corrected chi connectivity index (χ2v) is 5.35. The van der Waals surface area contributed by atoms with Gasteiger partial charge >= 0.3 is 17.9 Å². The monoisotopic (exact) mass is 346 g/mol. The molecule has 0 heterocycles. The molecule has 1 unspecified atom stereocenters. The van der Waals surface area contributed by atoms with Gasteiger partial charge in [-0.15, -0.1) is 0 Å². The lowest BCUT2D eigenvalue weighted by molar-refractivity contribution is -0.158. The average Bonchev–Trinajstić information content (AvgIpc) is 2.62. The lowest BCUT2D eigenvalue weighted by Crippen LogP contribution is -2.20. The number of carbonyl (C=O) groups is 3. The molecule has 0 aliphatic rings. The molecule has 0 radical (unpaired) electrons. The van der Waals surface area contributed by atoms with Crippen molar-refractivity contribution in [1.82, 2.24) is 0 Å². The maximum atomic E-state index is 11.5. The van der Waals surface area contributed by atoms with Gasteiger partial charge in [0.15, 0.2) is 13.2 Å². The van der Waals surface area contributed by atoms with E-state index in [0.717, 1.165) is 10.8 Å². The van der Waals surface area contributed by atoms with Crippen molar-refractivity contribution in [3.63, 3.8) is 0 Å². The average molecular weight is 346 g/mol. The molecular formula is C18H18O7. The number of aliphatic carboxylic acids is 1. The molecule has 0 spiro atoms. The first-order chi connectivity index (χ1) is 11.9. The van der Waals surface area contributed by atoms with Crippen LogP contribution in [0.25, 0.3) is 10.8 Å². The van der Waals surface area contributed by atoms with Crippen molar-refractivity contribution in [1.29, 1.82) is 0 Å². The number of ether oxygens (including phenoxy) is 3. The maximum Gasteiger partial charge on any atom is 0.344 e. The van der Waals surface area contributed by atoms with Crippen molar-refractivity contribution < 1.29 is 33.7 Å². The third kappa shape index (κ3) is 4.94. The summed E-state index contributed by atoms with van der Waals surface area (Å²) >= 11 is 0. The van der Waals surface area contributed by atoms with Crippen LogP contribution in [0, 0.1) is 0 Å². The number of hydrogen-bond acceptors (Lipinski definition) is 6. The summed E-state index contributed by atoms with van der Waals surface area (Å²) in [6.45, 7) is 0.832. The Morgan fingerprint density at radius 1 is 1.00 bits per heavy atom. The van der Waals surface area contributed by atoms with Crippen LogP contribution in [0.4, 0.5) is 0 Å². The highest BCUT2D eigenvalue weighted by molar-refractivity contribution is 5.86. The first kappa shape index (κ1) is 18.3. The zero-order chi connectivity index (χ0) is 18.4. The van der Waals surface area contributed by atoms with Gasteiger partial charge in [-0.05, 0) is 35.4 Å². The van der Waals surface area contributed by atoms with Crippen LogP contribution in [0.15, 0.2) is 36.4 Å². The summed E-state index contributed by atoms with van der Waals surface area (Å²) < 4.78 is 14.4. The molecule has 25 heavy (non-hydrogen) atoms. The van der Waals surface area contributed by atoms with Crippen molar-refractivity contribution >= 4 is 28.7 Å². The van der Waals surface area contributed by atoms with E-state index in [-0.39, 0.29) is 6.61 Å². The number of carboxylic acid groups (broad SMARTS) is 1. The largest absolute Gasteiger partial charge is 0.482 e. The maximum absolute atomic E-state index is 11.5. The van der Waals surface area contributed by atoms with Crippen molar-refractivity contribution in [3.05, 3.63) is 42.0 Å². The fourth-order valence-corrected chi connectivity index (χ4v) is 2.13. The Bertz CT molecular complexity index is 797. The van der Waals surface area contributed by atoms with Gasteiger partial charge < -0.3 is 19.3 Å². The summed E-state index contributed by atoms with van der Waals surface area (Å²) in [5.41, 5.74) is 0.708. The van der Waals surface area contributed by atoms with Gasteiger partial charge in [-0.1, -0.05) is 24.3 Å². The minimum absolute atomic E-state index is 0.337. The van der Waals surface area contributed by atoms with Gasteiger partial charge in [-0.25, -0.2) is 9.59 Å². The zero-order valence-corrected chi connectivity index (χ0v) is 13.9. The predicted octanol–water partition coefficient (Wildman–Crippen LogP) is 2.12. The number of rotatable bonds is 7. The van der Waals surface area contributed by atoms with Gasteiger partial charge in [0.05, 0.1) is 13.0 Å². The number of methoxy groups -OCH3 is 1. The minimum Gasteiger partial charge on any atom is -0.482 e. The fourth-order valence-electron chi connectivity index (χ4n) is 2.13. The highest BCUT2D eigenvalue weighted by Gasteiger charge is 2.14. The molecule has 7 heteroatoms. The molecule has 0 amide bonds. The number of hydrogen-bond donors (Lipinski definition) is 1. The van der Waals surface area contributed by atoms with Crippen LogP contribution >= 0.6 is 0 Å². The van der Waals surface area contributed by atoms with Crippen LogP contribution in [-0.2, 0) is 23.9 Å². The first-order valence-corrected chi connectivity index (χ1v) is 7.52. The molecule has 0 fully saturated rings. The van der Waals surface area contributed by atoms with E-state index in [2.05, 4.69) is 9.47 Å². The normalized spacial score (nSPS) is 11.6. The van der Waals surface area contributed by atoms with Crippen LogP contribution in [0.2, 0.25) is 0 Å². The minimum atomic E-state index is -0.884. The summed E-state index contributed by atoms with van der Waals surface area (Å²) in [4.78, 5) is 33.4. The lowest BCUT2D eigenvalue weighted by atomic mass is 9.98. The van der Waals surface area contributed by atoms with Gasteiger partial charge in [0.25, 0.3) is 0 Å². The van der Waals surface area contributed by atoms with Gasteiger partial charge in [0.1, 0.15) is 5.75 Å². The Balaban J connectivity index is 2.01. The Morgan fingerprint density at radius 2 is 1.68 bits per heavy atom. The molecule has 0 aliphatic carbocycles. The SMILES string of the molecule is COC(=O)COC(=O)COc1ccc2cc(C(C)C(=O)O)ccc2c1. The van der Waals surface area contributed by atoms with Crippen LogP contribution in [0.3, 0.4) is 0 Å². The quantitative estimate of drug-likeness (QED) is 0.767. The molecule has 0 aromatic heterocycles. The molecule has 132 valence electrons. The smallest absolute Gasteiger partial charge is 0.344 e. The van der Waals surface area contributed by atoms with Crippen molar-refractivity contribution in [2.45, 2.75) is 12.8 Å². The second-order valence-electron chi connectivity index (χ2n) is 5.35. The standard InChI is InChI=1S/C18H18O7/c1-11(18(21)22)12-3-4-14-8-15(6-5-13(14)7-12)24-10-17(20)25-9-16(19)23-2/h3-8,11H,9-10H2,1-2H3,(H,21,22). The molecule has 0 bridgehead atoms. The topological polar surface area (TPSA) is 99.1 Å². The molecular weight excluding hydrogens is 328 g/mol. The summed E-state index contributed by atoms with van der Waals surface area (Å²) in [5.74, 6) is -2.35. The van der Waals surface area contributed by atoms with E-state index in [9.17, 15) is 14.4 Å². The number of benzene rings is 2. The molecule has 0 saturated heterocycles. The lowest BCUT2D eigenvalue weighted by Gasteiger charge is -2.10. The van der Waals surface area contributed by atoms with Gasteiger partial charge in [0.2, 0.25) is 0 Å². The van der Waals surface area contributed by atoms with E-state index in [1.807, 2.05) is 6.07 Å². The summed E-state index contributed by atoms with van der Waals surface area (Å²) in [7, 11) is 1.20. The molecule has 1 N–H and O–H groups in total. The number of fused-ring (bicyclic) bond motifs is 1. The van der Waals surface area contributed by atoms with E-state index in [0.29, 0.717) is 11.3 Å². The first-order valence-electron chi connectivity index (χ1n) is 7.52. The summed E-state index contributed by atoms with van der Waals surface area (Å²) in [6.07, 6.45) is 0. The third-order valence-corrected chi connectivity index (χ3v) is 3.64. The molecule has 2 rings (SSSR count). The Labute approximate surface area is 144 Å². The van der Waals surface area contributed by atoms with Gasteiger partial charge in [-0.2, -0.15) is 0 Å². The highest BCUT2D eigenvalue weighted by atomic mass is 16.6. The fraction of sp³-hybridized carbons (Fsp3) is 0.278. The van der Waals surface area contributed by atoms with Crippen molar-refractivity contribution in [2.24, 2.45) is 0 Å². The van der Waals surface area contributed by atoms with Crippen LogP contribution < -0.4 is 4.74 Å². The van der Waals surface area contributed by atoms with Gasteiger partial charge in [-0.3, -0.25) is 4.79 Å². The van der Waals surface area contributed by atoms with Crippen molar-refractivity contribution in [3.8, 4) is 5.75 Å². The van der Waals surface area contributed by atoms with E-state index in [4.69, 9.17) is 9.84 Å². The molecule has 2 aromatic rings. The summed E-state index contributed by atoms with van der Waals surface area (Å²) in [5, 5.41) is 10.8. The third-order valence-electron chi connectivity index (χ3n) is 3.64. The molecule has 7 nitrogen and oxygen atoms in total. The van der Waals surface area contributed by atoms with E-state index in [1.165, 1.54) is 7.11 Å². The van der Waals surface area contributed by atoms with Crippen molar-refractivity contribution in [2.75, 3.05) is 20.3 Å². The zero-order valence-electron chi connectivity index (χ0n) is 13.9. The Hall–Kier alpha value is -3.09. The van der Waals surface area contributed by atoms with Crippen LogP contribution in [0.1, 0.15) is 18.4 Å². The number of carbonyl (C=O) groups excluding carboxylic acids is 2. The van der Waals surface area contributed by atoms with E-state index in [1.54, 1.807) is 37.3 Å². The predicted molar refractivity (Wildman–Crippen MR) is 88.5 cm³/mol. The highest BCUT2D eigenvalue weighted by Crippen LogP contribution is 2.25. The van der Waals surface area contributed by atoms with Gasteiger partial charge in [0, 0.05) is 0 Å². The van der Waals surface area contributed by atoms with Crippen LogP contribution in [0.5, 0.6) is 5.75 Å². The second kappa shape index (κ2) is 8.14. The number of esters is 2. The molecule has 1 atom stereocenters. The van der Waals surface area contributed by atoms with Crippen LogP contribution in [-0.4, -0.2) is 43.3 Å². The Morgan fingerprint density at radius 3 is 2.36 bits per heavy atom. The molecule has 0 saturated carbocycles. The summed E-state index contributed by atoms with van der Waals surface area (Å²) in [6, 6.07) is 10.5. The number of carboxylic acids is 1. The van der Waals surface area contributed by atoms with E-state index >= 15 is 0 Å². The molecule has 2 aromatic carbocycles.